The molecule has 12 heavy (non-hydrogen) atoms. The molecule has 0 aliphatic heterocycles. The average molecular weight is 304 g/mol. The average Bonchev–Trinajstić information content (AvgIpc) is 1.59. The van der Waals surface area contributed by atoms with E-state index in [1.165, 1.54) is 0 Å². The monoisotopic (exact) mass is 302 g/mol. The zero-order valence-electron chi connectivity index (χ0n) is 9.39. The van der Waals surface area contributed by atoms with Crippen molar-refractivity contribution in [2.75, 3.05) is 0 Å². The van der Waals surface area contributed by atoms with Crippen LogP contribution in [-0.2, 0) is 0 Å². The molecule has 0 aromatic carbocycles. The Kier molecular flexibility index (Phi) is 8.78. The van der Waals surface area contributed by atoms with Crippen LogP contribution in [0.25, 0.3) is 0 Å². The van der Waals surface area contributed by atoms with Crippen molar-refractivity contribution in [3.63, 3.8) is 0 Å². The van der Waals surface area contributed by atoms with E-state index in [1.807, 2.05) is 0 Å². The Balaban J connectivity index is -0.000000405. The van der Waals surface area contributed by atoms with E-state index in [0.29, 0.717) is 10.8 Å². The SMILES string of the molecule is Br.Br.CC(C(C)(C)C)C(C)(C)C. The maximum absolute atomic E-state index is 2.33. The highest BCUT2D eigenvalue weighted by molar-refractivity contribution is 8.93. The summed E-state index contributed by atoms with van der Waals surface area (Å²) in [5, 5.41) is 0. The van der Waals surface area contributed by atoms with Gasteiger partial charge in [-0.3, -0.25) is 0 Å². The number of halogens is 2. The molecular weight excluding hydrogens is 280 g/mol. The van der Waals surface area contributed by atoms with E-state index in [4.69, 9.17) is 0 Å². The van der Waals surface area contributed by atoms with Gasteiger partial charge in [-0.1, -0.05) is 48.5 Å². The molecule has 0 amide bonds. The topological polar surface area (TPSA) is 0 Å². The number of rotatable bonds is 0. The maximum Gasteiger partial charge on any atom is -0.0345 e. The van der Waals surface area contributed by atoms with Crippen LogP contribution in [0.4, 0.5) is 0 Å². The smallest absolute Gasteiger partial charge is 0.0345 e. The van der Waals surface area contributed by atoms with E-state index in [-0.39, 0.29) is 34.0 Å². The lowest BCUT2D eigenvalue weighted by Crippen LogP contribution is -2.29. The van der Waals surface area contributed by atoms with Crippen molar-refractivity contribution in [3.05, 3.63) is 0 Å². The van der Waals surface area contributed by atoms with Crippen molar-refractivity contribution in [2.24, 2.45) is 16.7 Å². The van der Waals surface area contributed by atoms with Crippen molar-refractivity contribution < 1.29 is 0 Å². The van der Waals surface area contributed by atoms with Crippen LogP contribution in [0, 0.1) is 16.7 Å². The fraction of sp³-hybridized carbons (Fsp3) is 1.00. The lowest BCUT2D eigenvalue weighted by molar-refractivity contribution is 0.121. The largest absolute Gasteiger partial charge is 0.114 e. The molecule has 0 aromatic heterocycles. The third-order valence-electron chi connectivity index (χ3n) is 2.60. The molecule has 0 saturated heterocycles. The van der Waals surface area contributed by atoms with Crippen molar-refractivity contribution >= 4 is 34.0 Å². The molecule has 0 aliphatic carbocycles. The van der Waals surface area contributed by atoms with E-state index >= 15 is 0 Å². The van der Waals surface area contributed by atoms with Gasteiger partial charge in [-0.25, -0.2) is 0 Å². The van der Waals surface area contributed by atoms with Gasteiger partial charge in [0, 0.05) is 0 Å². The third-order valence-corrected chi connectivity index (χ3v) is 2.60. The Morgan fingerprint density at radius 2 is 0.833 bits per heavy atom. The first-order valence-electron chi connectivity index (χ1n) is 4.15. The normalized spacial score (nSPS) is 12.0. The molecule has 0 rings (SSSR count). The second-order valence-electron chi connectivity index (χ2n) is 5.45. The summed E-state index contributed by atoms with van der Waals surface area (Å²) < 4.78 is 0. The Hall–Kier alpha value is 0.960. The van der Waals surface area contributed by atoms with Crippen molar-refractivity contribution in [1.29, 1.82) is 0 Å². The van der Waals surface area contributed by atoms with Crippen LogP contribution >= 0.6 is 34.0 Å². The Bertz CT molecular complexity index is 92.0. The van der Waals surface area contributed by atoms with Crippen LogP contribution in [0.1, 0.15) is 48.5 Å². The van der Waals surface area contributed by atoms with E-state index in [2.05, 4.69) is 48.5 Å². The van der Waals surface area contributed by atoms with Gasteiger partial charge in [0.1, 0.15) is 0 Å². The zero-order valence-corrected chi connectivity index (χ0v) is 12.8. The molecule has 0 aliphatic rings. The van der Waals surface area contributed by atoms with E-state index in [9.17, 15) is 0 Å². The highest BCUT2D eigenvalue weighted by Gasteiger charge is 2.30. The van der Waals surface area contributed by atoms with Gasteiger partial charge >= 0.3 is 0 Å². The van der Waals surface area contributed by atoms with Gasteiger partial charge in [-0.05, 0) is 16.7 Å². The first-order valence-corrected chi connectivity index (χ1v) is 4.15. The van der Waals surface area contributed by atoms with Gasteiger partial charge in [0.15, 0.2) is 0 Å². The number of hydrogen-bond donors (Lipinski definition) is 0. The lowest BCUT2D eigenvalue weighted by Gasteiger charge is -2.38. The van der Waals surface area contributed by atoms with Crippen LogP contribution in [0.15, 0.2) is 0 Å². The van der Waals surface area contributed by atoms with Gasteiger partial charge < -0.3 is 0 Å². The van der Waals surface area contributed by atoms with Gasteiger partial charge in [-0.2, -0.15) is 0 Å². The van der Waals surface area contributed by atoms with E-state index in [1.54, 1.807) is 0 Å². The Morgan fingerprint density at radius 1 is 0.667 bits per heavy atom. The standard InChI is InChI=1S/C10H22.2BrH/c1-8(9(2,3)4)10(5,6)7;;/h8H,1-7H3;2*1H. The fourth-order valence-electron chi connectivity index (χ4n) is 1.30. The summed E-state index contributed by atoms with van der Waals surface area (Å²) in [6.07, 6.45) is 0. The summed E-state index contributed by atoms with van der Waals surface area (Å²) in [4.78, 5) is 0. The van der Waals surface area contributed by atoms with Crippen LogP contribution < -0.4 is 0 Å². The second kappa shape index (κ2) is 5.64. The molecular formula is C10H24Br2. The van der Waals surface area contributed by atoms with Crippen LogP contribution in [0.5, 0.6) is 0 Å². The molecule has 0 spiro atoms. The molecule has 0 bridgehead atoms. The van der Waals surface area contributed by atoms with Gasteiger partial charge in [-0.15, -0.1) is 34.0 Å². The minimum Gasteiger partial charge on any atom is -0.114 e. The molecule has 0 aromatic rings. The quantitative estimate of drug-likeness (QED) is 0.599. The van der Waals surface area contributed by atoms with Gasteiger partial charge in [0.25, 0.3) is 0 Å². The van der Waals surface area contributed by atoms with Gasteiger partial charge in [0.2, 0.25) is 0 Å². The molecule has 0 saturated carbocycles. The highest BCUT2D eigenvalue weighted by atomic mass is 79.9. The molecule has 0 N–H and O–H groups in total. The molecule has 0 atom stereocenters. The van der Waals surface area contributed by atoms with Crippen molar-refractivity contribution in [3.8, 4) is 0 Å². The Morgan fingerprint density at radius 3 is 0.833 bits per heavy atom. The van der Waals surface area contributed by atoms with Crippen molar-refractivity contribution in [1.82, 2.24) is 0 Å². The van der Waals surface area contributed by atoms with Crippen molar-refractivity contribution in [2.45, 2.75) is 48.5 Å². The molecule has 2 heteroatoms. The third kappa shape index (κ3) is 6.47. The first kappa shape index (κ1) is 18.7. The van der Waals surface area contributed by atoms with Gasteiger partial charge in [0.05, 0.1) is 0 Å². The lowest BCUT2D eigenvalue weighted by atomic mass is 9.68. The van der Waals surface area contributed by atoms with Crippen LogP contribution in [-0.4, -0.2) is 0 Å². The summed E-state index contributed by atoms with van der Waals surface area (Å²) in [5.74, 6) is 0.764. The molecule has 0 unspecified atom stereocenters. The molecule has 0 heterocycles. The summed E-state index contributed by atoms with van der Waals surface area (Å²) in [7, 11) is 0. The van der Waals surface area contributed by atoms with Crippen LogP contribution in [0.2, 0.25) is 0 Å². The first-order chi connectivity index (χ1) is 4.15. The predicted octanol–water partition coefficient (Wildman–Crippen LogP) is 4.87. The minimum atomic E-state index is 0. The highest BCUT2D eigenvalue weighted by Crippen LogP contribution is 2.38. The van der Waals surface area contributed by atoms with Crippen LogP contribution in [0.3, 0.4) is 0 Å². The Labute approximate surface area is 99.0 Å². The second-order valence-corrected chi connectivity index (χ2v) is 5.45. The predicted molar refractivity (Wildman–Crippen MR) is 68.7 cm³/mol. The number of hydrogen-bond acceptors (Lipinski definition) is 0. The summed E-state index contributed by atoms with van der Waals surface area (Å²) in [6, 6.07) is 0. The van der Waals surface area contributed by atoms with E-state index in [0.717, 1.165) is 5.92 Å². The fourth-order valence-corrected chi connectivity index (χ4v) is 1.30. The summed E-state index contributed by atoms with van der Waals surface area (Å²) in [6.45, 7) is 16.2. The summed E-state index contributed by atoms with van der Waals surface area (Å²) >= 11 is 0. The molecule has 78 valence electrons. The summed E-state index contributed by atoms with van der Waals surface area (Å²) in [5.41, 5.74) is 0.885. The maximum atomic E-state index is 2.33. The molecule has 0 fully saturated rings. The molecule has 0 radical (unpaired) electrons. The zero-order chi connectivity index (χ0) is 8.58. The molecule has 0 nitrogen and oxygen atoms in total. The minimum absolute atomic E-state index is 0. The van der Waals surface area contributed by atoms with E-state index < -0.39 is 0 Å².